The van der Waals surface area contributed by atoms with E-state index in [4.69, 9.17) is 4.42 Å². The summed E-state index contributed by atoms with van der Waals surface area (Å²) in [7, 11) is 0. The first-order chi connectivity index (χ1) is 10.7. The Hall–Kier alpha value is -3.22. The van der Waals surface area contributed by atoms with Crippen molar-refractivity contribution in [3.05, 3.63) is 70.6 Å². The van der Waals surface area contributed by atoms with Gasteiger partial charge >= 0.3 is 5.63 Å². The van der Waals surface area contributed by atoms with Crippen molar-refractivity contribution in [1.82, 2.24) is 5.27 Å². The van der Waals surface area contributed by atoms with Crippen LogP contribution in [0.5, 0.6) is 0 Å². The van der Waals surface area contributed by atoms with Crippen molar-refractivity contribution in [2.75, 3.05) is 0 Å². The minimum atomic E-state index is -0.436. The van der Waals surface area contributed by atoms with Crippen molar-refractivity contribution in [1.29, 1.82) is 0 Å². The lowest BCUT2D eigenvalue weighted by Crippen LogP contribution is -2.32. The van der Waals surface area contributed by atoms with E-state index < -0.39 is 5.63 Å². The topological polar surface area (TPSA) is 87.7 Å². The summed E-state index contributed by atoms with van der Waals surface area (Å²) < 4.78 is 11.2. The molecule has 0 amide bonds. The number of furan rings is 1. The van der Waals surface area contributed by atoms with Crippen LogP contribution in [0.3, 0.4) is 0 Å². The predicted octanol–water partition coefficient (Wildman–Crippen LogP) is 1.68. The molecule has 1 aromatic carbocycles. The average Bonchev–Trinajstić information content (AvgIpc) is 3.19. The third-order valence-electron chi connectivity index (χ3n) is 2.98. The molecule has 0 aliphatic carbocycles. The fourth-order valence-corrected chi connectivity index (χ4v) is 1.84. The molecule has 0 aliphatic rings. The van der Waals surface area contributed by atoms with Gasteiger partial charge in [-0.1, -0.05) is 0 Å². The molecule has 0 unspecified atom stereocenters. The second-order valence-corrected chi connectivity index (χ2v) is 4.50. The van der Waals surface area contributed by atoms with Gasteiger partial charge < -0.3 is 4.42 Å². The molecule has 2 aromatic heterocycles. The molecule has 0 spiro atoms. The van der Waals surface area contributed by atoms with Crippen LogP contribution < -0.4 is 10.3 Å². The van der Waals surface area contributed by atoms with Crippen LogP contribution in [0.2, 0.25) is 0 Å². The van der Waals surface area contributed by atoms with Gasteiger partial charge in [-0.15, -0.1) is 0 Å². The van der Waals surface area contributed by atoms with Gasteiger partial charge in [-0.2, -0.15) is 10.2 Å². The Morgan fingerprint density at radius 1 is 1.27 bits per heavy atom. The van der Waals surface area contributed by atoms with Crippen LogP contribution in [-0.4, -0.2) is 17.2 Å². The summed E-state index contributed by atoms with van der Waals surface area (Å²) in [4.78, 5) is 11.0. The predicted molar refractivity (Wildman–Crippen MR) is 79.4 cm³/mol. The van der Waals surface area contributed by atoms with Crippen molar-refractivity contribution in [3.8, 4) is 5.69 Å². The van der Waals surface area contributed by atoms with Gasteiger partial charge in [0.1, 0.15) is 5.76 Å². The number of aromatic nitrogens is 2. The normalized spacial score (nSPS) is 12.1. The molecule has 0 atom stereocenters. The molecular formula is C15H13N4O3+. The summed E-state index contributed by atoms with van der Waals surface area (Å²) in [5.41, 5.74) is 2.03. The smallest absolute Gasteiger partial charge is 0.427 e. The summed E-state index contributed by atoms with van der Waals surface area (Å²) in [6.45, 7) is 1.86. The van der Waals surface area contributed by atoms with Gasteiger partial charge in [0.15, 0.2) is 0 Å². The van der Waals surface area contributed by atoms with E-state index in [1.54, 1.807) is 24.6 Å². The Labute approximate surface area is 125 Å². The zero-order chi connectivity index (χ0) is 15.4. The zero-order valence-corrected chi connectivity index (χ0v) is 11.8. The Balaban J connectivity index is 1.76. The second-order valence-electron chi connectivity index (χ2n) is 4.50. The van der Waals surface area contributed by atoms with Gasteiger partial charge in [-0.3, -0.25) is 4.52 Å². The highest BCUT2D eigenvalue weighted by Crippen LogP contribution is 2.05. The number of nitrogens with one attached hydrogen (secondary N) is 1. The van der Waals surface area contributed by atoms with Crippen molar-refractivity contribution < 1.29 is 13.6 Å². The first-order valence-electron chi connectivity index (χ1n) is 6.54. The summed E-state index contributed by atoms with van der Waals surface area (Å²) in [6.07, 6.45) is 4.45. The third-order valence-corrected chi connectivity index (χ3v) is 2.98. The second kappa shape index (κ2) is 6.04. The quantitative estimate of drug-likeness (QED) is 0.451. The van der Waals surface area contributed by atoms with Gasteiger partial charge in [0.2, 0.25) is 5.69 Å². The zero-order valence-electron chi connectivity index (χ0n) is 11.8. The van der Waals surface area contributed by atoms with E-state index in [-0.39, 0.29) is 0 Å². The number of rotatable bonds is 4. The van der Waals surface area contributed by atoms with E-state index in [1.807, 2.05) is 31.2 Å². The van der Waals surface area contributed by atoms with E-state index in [0.717, 1.165) is 17.0 Å². The lowest BCUT2D eigenvalue weighted by Gasteiger charge is -1.97. The summed E-state index contributed by atoms with van der Waals surface area (Å²) in [5.74, 6) is 0.646. The van der Waals surface area contributed by atoms with Crippen LogP contribution >= 0.6 is 0 Å². The van der Waals surface area contributed by atoms with E-state index >= 15 is 0 Å². The third kappa shape index (κ3) is 3.09. The van der Waals surface area contributed by atoms with E-state index in [0.29, 0.717) is 5.76 Å². The number of hydrogen-bond donors (Lipinski definition) is 1. The summed E-state index contributed by atoms with van der Waals surface area (Å²) >= 11 is 0. The van der Waals surface area contributed by atoms with Crippen molar-refractivity contribution >= 4 is 11.9 Å². The Morgan fingerprint density at radius 2 is 2.09 bits per heavy atom. The molecule has 3 rings (SSSR count). The Morgan fingerprint density at radius 3 is 2.73 bits per heavy atom. The molecule has 3 aromatic rings. The SMILES string of the molecule is C/C(=N\N=C\c1ccco1)c1ccc(-[n+]2cc(=O)o[nH]2)cc1. The molecule has 0 radical (unpaired) electrons. The molecule has 7 heteroatoms. The molecule has 22 heavy (non-hydrogen) atoms. The standard InChI is InChI=1S/C15H12N4O3/c1-11(17-16-9-14-3-2-8-21-14)12-4-6-13(7-5-12)19-10-15(20)22-18-19/h2-10H,1H3/p+1/b16-9+,17-11+. The van der Waals surface area contributed by atoms with Crippen molar-refractivity contribution in [2.45, 2.75) is 6.92 Å². The van der Waals surface area contributed by atoms with E-state index in [2.05, 4.69) is 20.0 Å². The molecule has 7 nitrogen and oxygen atoms in total. The lowest BCUT2D eigenvalue weighted by atomic mass is 10.1. The number of nitrogens with zero attached hydrogens (tertiary/aromatic N) is 3. The number of hydrogen-bond acceptors (Lipinski definition) is 5. The lowest BCUT2D eigenvalue weighted by molar-refractivity contribution is -0.670. The molecule has 110 valence electrons. The van der Waals surface area contributed by atoms with Crippen LogP contribution in [0.1, 0.15) is 18.2 Å². The maximum atomic E-state index is 11.0. The number of benzene rings is 1. The molecule has 1 N–H and O–H groups in total. The number of aromatic amines is 1. The molecule has 0 saturated heterocycles. The first-order valence-corrected chi connectivity index (χ1v) is 6.54. The highest BCUT2D eigenvalue weighted by Gasteiger charge is 2.10. The molecule has 0 aliphatic heterocycles. The fraction of sp³-hybridized carbons (Fsp3) is 0.0667. The first kappa shape index (κ1) is 13.7. The molecule has 0 saturated carbocycles. The monoisotopic (exact) mass is 297 g/mol. The van der Waals surface area contributed by atoms with Gasteiger partial charge in [-0.05, 0) is 46.7 Å². The van der Waals surface area contributed by atoms with Crippen LogP contribution in [0.25, 0.3) is 5.69 Å². The van der Waals surface area contributed by atoms with Gasteiger partial charge in [0.25, 0.3) is 6.20 Å². The highest BCUT2D eigenvalue weighted by molar-refractivity contribution is 5.99. The summed E-state index contributed by atoms with van der Waals surface area (Å²) in [5, 5.41) is 10.6. The minimum absolute atomic E-state index is 0.436. The van der Waals surface area contributed by atoms with Gasteiger partial charge in [0, 0.05) is 12.1 Å². The van der Waals surface area contributed by atoms with E-state index in [9.17, 15) is 4.79 Å². The Bertz CT molecular complexity index is 855. The van der Waals surface area contributed by atoms with Crippen LogP contribution in [0.4, 0.5) is 0 Å². The van der Waals surface area contributed by atoms with E-state index in [1.165, 1.54) is 10.9 Å². The van der Waals surface area contributed by atoms with Gasteiger partial charge in [0.05, 0.1) is 18.2 Å². The van der Waals surface area contributed by atoms with Crippen molar-refractivity contribution in [3.63, 3.8) is 0 Å². The maximum absolute atomic E-state index is 11.0. The number of H-pyrrole nitrogens is 1. The Kier molecular flexibility index (Phi) is 3.78. The highest BCUT2D eigenvalue weighted by atomic mass is 16.5. The maximum Gasteiger partial charge on any atom is 0.427 e. The molecule has 0 fully saturated rings. The summed E-state index contributed by atoms with van der Waals surface area (Å²) in [6, 6.07) is 11.0. The average molecular weight is 297 g/mol. The van der Waals surface area contributed by atoms with Crippen molar-refractivity contribution in [2.24, 2.45) is 10.2 Å². The molecule has 0 bridgehead atoms. The van der Waals surface area contributed by atoms with Crippen LogP contribution in [0.15, 0.2) is 72.8 Å². The minimum Gasteiger partial charge on any atom is -0.463 e. The van der Waals surface area contributed by atoms with Crippen LogP contribution in [-0.2, 0) is 0 Å². The van der Waals surface area contributed by atoms with Crippen LogP contribution in [0, 0.1) is 0 Å². The molecule has 2 heterocycles. The molecular weight excluding hydrogens is 284 g/mol. The fourth-order valence-electron chi connectivity index (χ4n) is 1.84. The largest absolute Gasteiger partial charge is 0.463 e. The van der Waals surface area contributed by atoms with Gasteiger partial charge in [-0.25, -0.2) is 4.79 Å².